The molecule has 2 aromatic rings. The summed E-state index contributed by atoms with van der Waals surface area (Å²) in [6.07, 6.45) is 13.8. The van der Waals surface area contributed by atoms with Gasteiger partial charge in [0.2, 0.25) is 0 Å². The predicted octanol–water partition coefficient (Wildman–Crippen LogP) is 7.98. The van der Waals surface area contributed by atoms with Crippen molar-refractivity contribution in [2.24, 2.45) is 10.3 Å². The minimum Gasteiger partial charge on any atom is -0.392 e. The second-order valence-corrected chi connectivity index (χ2v) is 9.59. The van der Waals surface area contributed by atoms with E-state index in [0.717, 1.165) is 36.4 Å². The van der Waals surface area contributed by atoms with Crippen LogP contribution < -0.4 is 5.01 Å². The molecule has 2 aliphatic rings. The lowest BCUT2D eigenvalue weighted by Gasteiger charge is -2.24. The first-order valence-corrected chi connectivity index (χ1v) is 13.0. The van der Waals surface area contributed by atoms with Crippen LogP contribution in [0.2, 0.25) is 0 Å². The Bertz CT molecular complexity index is 920. The fourth-order valence-electron chi connectivity index (χ4n) is 4.81. The summed E-state index contributed by atoms with van der Waals surface area (Å²) >= 11 is 0. The largest absolute Gasteiger partial charge is 0.392 e. The number of benzene rings is 2. The molecule has 2 heterocycles. The number of nitrogens with zero attached hydrogens (tertiary/aromatic N) is 3. The van der Waals surface area contributed by atoms with E-state index in [2.05, 4.69) is 78.6 Å². The molecule has 2 aliphatic heterocycles. The van der Waals surface area contributed by atoms with Gasteiger partial charge in [-0.1, -0.05) is 105 Å². The first kappa shape index (κ1) is 23.5. The van der Waals surface area contributed by atoms with E-state index in [1.807, 2.05) is 0 Å². The summed E-state index contributed by atoms with van der Waals surface area (Å²) in [4.78, 5) is 5.82. The minimum atomic E-state index is 0.192. The summed E-state index contributed by atoms with van der Waals surface area (Å²) in [6.45, 7) is 4.41. The maximum absolute atomic E-state index is 5.82. The van der Waals surface area contributed by atoms with Crippen LogP contribution in [0, 0.1) is 6.92 Å². The molecule has 0 amide bonds. The molecule has 0 saturated carbocycles. The molecule has 0 bridgehead atoms. The van der Waals surface area contributed by atoms with Crippen LogP contribution in [0.25, 0.3) is 0 Å². The van der Waals surface area contributed by atoms with Gasteiger partial charge in [0.15, 0.2) is 0 Å². The number of oxime groups is 1. The summed E-state index contributed by atoms with van der Waals surface area (Å²) in [6, 6.07) is 19.5. The molecule has 4 heteroatoms. The molecule has 4 rings (SSSR count). The van der Waals surface area contributed by atoms with Gasteiger partial charge in [-0.2, -0.15) is 5.10 Å². The highest BCUT2D eigenvalue weighted by Gasteiger charge is 2.34. The predicted molar refractivity (Wildman–Crippen MR) is 139 cm³/mol. The molecule has 0 fully saturated rings. The van der Waals surface area contributed by atoms with Crippen LogP contribution in [0.4, 0.5) is 5.69 Å². The van der Waals surface area contributed by atoms with Crippen LogP contribution in [-0.4, -0.2) is 17.5 Å². The van der Waals surface area contributed by atoms with E-state index in [1.54, 1.807) is 0 Å². The van der Waals surface area contributed by atoms with Crippen molar-refractivity contribution in [1.29, 1.82) is 0 Å². The van der Waals surface area contributed by atoms with Crippen molar-refractivity contribution in [2.75, 3.05) is 5.01 Å². The summed E-state index contributed by atoms with van der Waals surface area (Å²) in [5.41, 5.74) is 5.80. The number of anilines is 1. The molecule has 2 atom stereocenters. The molecule has 0 radical (unpaired) electrons. The van der Waals surface area contributed by atoms with Gasteiger partial charge in [-0.05, 0) is 37.5 Å². The second-order valence-electron chi connectivity index (χ2n) is 9.59. The molecule has 0 saturated heterocycles. The van der Waals surface area contributed by atoms with Gasteiger partial charge in [-0.15, -0.1) is 0 Å². The Morgan fingerprint density at radius 2 is 1.52 bits per heavy atom. The first-order valence-electron chi connectivity index (χ1n) is 13.0. The van der Waals surface area contributed by atoms with E-state index in [4.69, 9.17) is 9.94 Å². The molecule has 4 nitrogen and oxygen atoms in total. The summed E-state index contributed by atoms with van der Waals surface area (Å²) in [5.74, 6) is 0. The molecular formula is C29H39N3O. The lowest BCUT2D eigenvalue weighted by atomic mass is 9.96. The topological polar surface area (TPSA) is 37.2 Å². The Balaban J connectivity index is 1.31. The number of hydrazone groups is 1. The molecule has 0 aromatic heterocycles. The van der Waals surface area contributed by atoms with Crippen LogP contribution in [0.1, 0.15) is 94.7 Å². The highest BCUT2D eigenvalue weighted by Crippen LogP contribution is 2.36. The highest BCUT2D eigenvalue weighted by atomic mass is 16.6. The van der Waals surface area contributed by atoms with Crippen LogP contribution in [0.3, 0.4) is 0 Å². The average Bonchev–Trinajstić information content (AvgIpc) is 3.49. The van der Waals surface area contributed by atoms with Crippen LogP contribution in [0.15, 0.2) is 64.9 Å². The number of aryl methyl sites for hydroxylation is 1. The summed E-state index contributed by atoms with van der Waals surface area (Å²) in [7, 11) is 0. The van der Waals surface area contributed by atoms with Gasteiger partial charge in [0.1, 0.15) is 11.8 Å². The number of rotatable bonds is 12. The second kappa shape index (κ2) is 12.0. The number of hydrogen-bond donors (Lipinski definition) is 0. The Labute approximate surface area is 199 Å². The van der Waals surface area contributed by atoms with Crippen molar-refractivity contribution >= 4 is 17.1 Å². The zero-order chi connectivity index (χ0) is 22.9. The Morgan fingerprint density at radius 1 is 0.818 bits per heavy atom. The average molecular weight is 446 g/mol. The molecule has 2 aromatic carbocycles. The highest BCUT2D eigenvalue weighted by molar-refractivity contribution is 6.43. The van der Waals surface area contributed by atoms with Gasteiger partial charge >= 0.3 is 0 Å². The Morgan fingerprint density at radius 3 is 2.24 bits per heavy atom. The molecular weight excluding hydrogens is 406 g/mol. The zero-order valence-corrected chi connectivity index (χ0v) is 20.4. The van der Waals surface area contributed by atoms with E-state index in [1.165, 1.54) is 62.5 Å². The number of para-hydroxylation sites is 1. The number of hydrogen-bond acceptors (Lipinski definition) is 4. The van der Waals surface area contributed by atoms with E-state index in [-0.39, 0.29) is 12.1 Å². The van der Waals surface area contributed by atoms with Crippen molar-refractivity contribution in [2.45, 2.75) is 96.6 Å². The van der Waals surface area contributed by atoms with Gasteiger partial charge in [-0.25, -0.2) is 0 Å². The van der Waals surface area contributed by atoms with E-state index >= 15 is 0 Å². The molecule has 0 spiro atoms. The van der Waals surface area contributed by atoms with E-state index in [0.29, 0.717) is 0 Å². The van der Waals surface area contributed by atoms with Crippen LogP contribution in [-0.2, 0) is 4.84 Å². The van der Waals surface area contributed by atoms with Gasteiger partial charge in [0.05, 0.1) is 17.4 Å². The van der Waals surface area contributed by atoms with Crippen molar-refractivity contribution in [1.82, 2.24) is 0 Å². The maximum atomic E-state index is 5.82. The van der Waals surface area contributed by atoms with Crippen LogP contribution >= 0.6 is 0 Å². The van der Waals surface area contributed by atoms with E-state index in [9.17, 15) is 0 Å². The maximum Gasteiger partial charge on any atom is 0.133 e. The normalized spacial score (nSPS) is 20.0. The zero-order valence-electron chi connectivity index (χ0n) is 20.4. The van der Waals surface area contributed by atoms with Crippen molar-refractivity contribution in [3.63, 3.8) is 0 Å². The fourth-order valence-corrected chi connectivity index (χ4v) is 4.81. The lowest BCUT2D eigenvalue weighted by Crippen LogP contribution is -2.18. The summed E-state index contributed by atoms with van der Waals surface area (Å²) < 4.78 is 0. The third-order valence-corrected chi connectivity index (χ3v) is 6.84. The third-order valence-electron chi connectivity index (χ3n) is 6.84. The smallest absolute Gasteiger partial charge is 0.133 e. The molecule has 176 valence electrons. The molecule has 0 aliphatic carbocycles. The third kappa shape index (κ3) is 6.46. The Kier molecular flexibility index (Phi) is 8.57. The van der Waals surface area contributed by atoms with Crippen molar-refractivity contribution in [3.8, 4) is 0 Å². The van der Waals surface area contributed by atoms with Crippen molar-refractivity contribution < 1.29 is 4.84 Å². The SMILES string of the molecule is CCCCCCCCCCC1CC(C2=NN(c3ccccc3)C(c3ccc(C)cc3)C2)=NO1. The Hall–Kier alpha value is -2.62. The first-order chi connectivity index (χ1) is 16.2. The number of unbranched alkanes of at least 4 members (excludes halogenated alkanes) is 7. The van der Waals surface area contributed by atoms with Gasteiger partial charge < -0.3 is 4.84 Å². The fraction of sp³-hybridized carbons (Fsp3) is 0.517. The van der Waals surface area contributed by atoms with Gasteiger partial charge in [0.25, 0.3) is 0 Å². The van der Waals surface area contributed by atoms with Crippen LogP contribution in [0.5, 0.6) is 0 Å². The molecule has 0 N–H and O–H groups in total. The van der Waals surface area contributed by atoms with Gasteiger partial charge in [0, 0.05) is 12.8 Å². The molecule has 33 heavy (non-hydrogen) atoms. The monoisotopic (exact) mass is 445 g/mol. The van der Waals surface area contributed by atoms with Crippen molar-refractivity contribution in [3.05, 3.63) is 65.7 Å². The summed E-state index contributed by atoms with van der Waals surface area (Å²) in [5, 5.41) is 11.7. The van der Waals surface area contributed by atoms with E-state index < -0.39 is 0 Å². The minimum absolute atomic E-state index is 0.192. The lowest BCUT2D eigenvalue weighted by molar-refractivity contribution is 0.0770. The molecule has 2 unspecified atom stereocenters. The van der Waals surface area contributed by atoms with Gasteiger partial charge in [-0.3, -0.25) is 5.01 Å². The quantitative estimate of drug-likeness (QED) is 0.311. The standard InChI is InChI=1S/C29H39N3O/c1-3-4-5-6-7-8-9-13-16-26-21-28(31-33-26)27-22-29(24-19-17-23(2)18-20-24)32(30-27)25-14-11-10-12-15-25/h10-12,14-15,17-20,26,29H,3-9,13,16,21-22H2,1-2H3.